The van der Waals surface area contributed by atoms with Crippen molar-refractivity contribution in [1.82, 2.24) is 9.88 Å². The molecule has 1 aromatic carbocycles. The smallest absolute Gasteiger partial charge is 0.254 e. The van der Waals surface area contributed by atoms with Gasteiger partial charge < -0.3 is 24.4 Å². The van der Waals surface area contributed by atoms with Crippen LogP contribution in [0.15, 0.2) is 30.5 Å². The molecule has 1 saturated heterocycles. The standard InChI is InChI=1S/C18H20ClN3O4/c1-24-15-11-14(16(25-2)10-13(15)19)21-17-9-12(3-4-20-17)18(23)22-5-7-26-8-6-22/h3-4,9-11H,5-8H2,1-2H3,(H,20,21). The van der Waals surface area contributed by atoms with Crippen LogP contribution < -0.4 is 14.8 Å². The van der Waals surface area contributed by atoms with Crippen LogP contribution in [0.25, 0.3) is 0 Å². The number of ether oxygens (including phenoxy) is 3. The van der Waals surface area contributed by atoms with E-state index in [-0.39, 0.29) is 5.91 Å². The lowest BCUT2D eigenvalue weighted by molar-refractivity contribution is 0.0303. The number of nitrogens with one attached hydrogen (secondary N) is 1. The summed E-state index contributed by atoms with van der Waals surface area (Å²) in [4.78, 5) is 18.7. The molecular formula is C18H20ClN3O4. The minimum absolute atomic E-state index is 0.0422. The highest BCUT2D eigenvalue weighted by atomic mass is 35.5. The van der Waals surface area contributed by atoms with Crippen LogP contribution in [-0.2, 0) is 4.74 Å². The molecule has 0 radical (unpaired) electrons. The zero-order valence-electron chi connectivity index (χ0n) is 14.6. The summed E-state index contributed by atoms with van der Waals surface area (Å²) < 4.78 is 15.9. The van der Waals surface area contributed by atoms with E-state index < -0.39 is 0 Å². The molecule has 0 saturated carbocycles. The molecule has 3 rings (SSSR count). The van der Waals surface area contributed by atoms with Gasteiger partial charge in [0.2, 0.25) is 0 Å². The number of pyridine rings is 1. The third kappa shape index (κ3) is 4.00. The Balaban J connectivity index is 1.84. The minimum Gasteiger partial charge on any atom is -0.495 e. The molecule has 0 unspecified atom stereocenters. The summed E-state index contributed by atoms with van der Waals surface area (Å²) in [7, 11) is 3.09. The van der Waals surface area contributed by atoms with Crippen molar-refractivity contribution in [3.8, 4) is 11.5 Å². The van der Waals surface area contributed by atoms with E-state index in [0.717, 1.165) is 0 Å². The quantitative estimate of drug-likeness (QED) is 0.863. The summed E-state index contributed by atoms with van der Waals surface area (Å²) in [5, 5.41) is 3.60. The van der Waals surface area contributed by atoms with Gasteiger partial charge in [-0.25, -0.2) is 4.98 Å². The van der Waals surface area contributed by atoms with Gasteiger partial charge in [-0.15, -0.1) is 0 Å². The lowest BCUT2D eigenvalue weighted by Gasteiger charge is -2.26. The van der Waals surface area contributed by atoms with E-state index in [1.165, 1.54) is 7.11 Å². The van der Waals surface area contributed by atoms with Crippen molar-refractivity contribution in [2.45, 2.75) is 0 Å². The van der Waals surface area contributed by atoms with Gasteiger partial charge in [0, 0.05) is 37.0 Å². The number of carbonyl (C=O) groups excluding carboxylic acids is 1. The number of carbonyl (C=O) groups is 1. The molecule has 1 fully saturated rings. The van der Waals surface area contributed by atoms with Crippen LogP contribution in [0.4, 0.5) is 11.5 Å². The van der Waals surface area contributed by atoms with Crippen LogP contribution >= 0.6 is 11.6 Å². The van der Waals surface area contributed by atoms with Gasteiger partial charge in [-0.05, 0) is 12.1 Å². The predicted molar refractivity (Wildman–Crippen MR) is 98.8 cm³/mol. The first-order chi connectivity index (χ1) is 12.6. The maximum atomic E-state index is 12.6. The van der Waals surface area contributed by atoms with E-state index in [0.29, 0.717) is 59.9 Å². The van der Waals surface area contributed by atoms with E-state index in [2.05, 4.69) is 10.3 Å². The van der Waals surface area contributed by atoms with E-state index >= 15 is 0 Å². The number of halogens is 1. The molecule has 138 valence electrons. The van der Waals surface area contributed by atoms with Crippen LogP contribution in [0.5, 0.6) is 11.5 Å². The number of morpholine rings is 1. The Morgan fingerprint density at radius 2 is 1.92 bits per heavy atom. The van der Waals surface area contributed by atoms with Crippen molar-refractivity contribution in [2.75, 3.05) is 45.8 Å². The topological polar surface area (TPSA) is 72.9 Å². The maximum Gasteiger partial charge on any atom is 0.254 e. The number of nitrogens with zero attached hydrogens (tertiary/aromatic N) is 2. The zero-order valence-corrected chi connectivity index (χ0v) is 15.4. The summed E-state index contributed by atoms with van der Waals surface area (Å²) >= 11 is 6.13. The van der Waals surface area contributed by atoms with Crippen molar-refractivity contribution in [2.24, 2.45) is 0 Å². The SMILES string of the molecule is COc1cc(Nc2cc(C(=O)N3CCOCC3)ccn2)c(OC)cc1Cl. The third-order valence-electron chi connectivity index (χ3n) is 4.04. The zero-order chi connectivity index (χ0) is 18.5. The molecule has 2 heterocycles. The number of aromatic nitrogens is 1. The Morgan fingerprint density at radius 1 is 1.19 bits per heavy atom. The molecular weight excluding hydrogens is 358 g/mol. The van der Waals surface area contributed by atoms with Crippen LogP contribution in [0.2, 0.25) is 5.02 Å². The summed E-state index contributed by atoms with van der Waals surface area (Å²) in [5.41, 5.74) is 1.20. The number of hydrogen-bond donors (Lipinski definition) is 1. The molecule has 0 bridgehead atoms. The molecule has 1 aliphatic rings. The molecule has 1 aromatic heterocycles. The van der Waals surface area contributed by atoms with Crippen LogP contribution in [0, 0.1) is 0 Å². The van der Waals surface area contributed by atoms with Crippen LogP contribution in [0.1, 0.15) is 10.4 Å². The second-order valence-corrected chi connectivity index (χ2v) is 6.05. The fraction of sp³-hybridized carbons (Fsp3) is 0.333. The molecule has 1 amide bonds. The lowest BCUT2D eigenvalue weighted by Crippen LogP contribution is -2.40. The number of amides is 1. The average Bonchev–Trinajstić information content (AvgIpc) is 2.69. The minimum atomic E-state index is -0.0422. The molecule has 26 heavy (non-hydrogen) atoms. The summed E-state index contributed by atoms with van der Waals surface area (Å²) in [6.07, 6.45) is 1.59. The molecule has 0 aliphatic carbocycles. The van der Waals surface area contributed by atoms with Crippen LogP contribution in [0.3, 0.4) is 0 Å². The summed E-state index contributed by atoms with van der Waals surface area (Å²) in [6.45, 7) is 2.30. The molecule has 1 N–H and O–H groups in total. The number of hydrogen-bond acceptors (Lipinski definition) is 6. The fourth-order valence-corrected chi connectivity index (χ4v) is 2.91. The summed E-state index contributed by atoms with van der Waals surface area (Å²) in [6, 6.07) is 6.78. The van der Waals surface area contributed by atoms with E-state index in [9.17, 15) is 4.79 Å². The van der Waals surface area contributed by atoms with Crippen LogP contribution in [-0.4, -0.2) is 56.3 Å². The highest BCUT2D eigenvalue weighted by Crippen LogP contribution is 2.37. The fourth-order valence-electron chi connectivity index (χ4n) is 2.68. The number of methoxy groups -OCH3 is 2. The predicted octanol–water partition coefficient (Wildman–Crippen LogP) is 2.97. The van der Waals surface area contributed by atoms with Gasteiger partial charge in [0.25, 0.3) is 5.91 Å². The van der Waals surface area contributed by atoms with Gasteiger partial charge in [-0.1, -0.05) is 11.6 Å². The van der Waals surface area contributed by atoms with Gasteiger partial charge in [-0.3, -0.25) is 4.79 Å². The van der Waals surface area contributed by atoms with E-state index in [1.54, 1.807) is 42.5 Å². The highest BCUT2D eigenvalue weighted by Gasteiger charge is 2.19. The second kappa shape index (κ2) is 8.25. The van der Waals surface area contributed by atoms with Gasteiger partial charge in [0.15, 0.2) is 0 Å². The van der Waals surface area contributed by atoms with Crippen molar-refractivity contribution in [3.63, 3.8) is 0 Å². The van der Waals surface area contributed by atoms with Crippen molar-refractivity contribution in [1.29, 1.82) is 0 Å². The molecule has 7 nitrogen and oxygen atoms in total. The number of rotatable bonds is 5. The normalized spacial score (nSPS) is 14.0. The van der Waals surface area contributed by atoms with Gasteiger partial charge in [0.1, 0.15) is 17.3 Å². The van der Waals surface area contributed by atoms with Crippen molar-refractivity contribution >= 4 is 29.0 Å². The largest absolute Gasteiger partial charge is 0.495 e. The first-order valence-electron chi connectivity index (χ1n) is 8.14. The lowest BCUT2D eigenvalue weighted by atomic mass is 10.2. The Bertz CT molecular complexity index is 794. The molecule has 0 spiro atoms. The van der Waals surface area contributed by atoms with E-state index in [4.69, 9.17) is 25.8 Å². The molecule has 8 heteroatoms. The van der Waals surface area contributed by atoms with E-state index in [1.807, 2.05) is 0 Å². The van der Waals surface area contributed by atoms with Crippen molar-refractivity contribution in [3.05, 3.63) is 41.0 Å². The monoisotopic (exact) mass is 377 g/mol. The number of anilines is 2. The van der Waals surface area contributed by atoms with Crippen molar-refractivity contribution < 1.29 is 19.0 Å². The average molecular weight is 378 g/mol. The highest BCUT2D eigenvalue weighted by molar-refractivity contribution is 6.32. The van der Waals surface area contributed by atoms with Gasteiger partial charge in [0.05, 0.1) is 38.1 Å². The Kier molecular flexibility index (Phi) is 5.80. The molecule has 0 atom stereocenters. The van der Waals surface area contributed by atoms with Gasteiger partial charge >= 0.3 is 0 Å². The maximum absolute atomic E-state index is 12.6. The third-order valence-corrected chi connectivity index (χ3v) is 4.34. The number of benzene rings is 1. The molecule has 2 aromatic rings. The first kappa shape index (κ1) is 18.3. The van der Waals surface area contributed by atoms with Gasteiger partial charge in [-0.2, -0.15) is 0 Å². The second-order valence-electron chi connectivity index (χ2n) is 5.65. The Labute approximate surface area is 156 Å². The summed E-state index contributed by atoms with van der Waals surface area (Å²) in [5.74, 6) is 1.53. The first-order valence-corrected chi connectivity index (χ1v) is 8.52. The Morgan fingerprint density at radius 3 is 2.62 bits per heavy atom. The Hall–Kier alpha value is -2.51. The molecule has 1 aliphatic heterocycles.